The lowest BCUT2D eigenvalue weighted by atomic mass is 10.3. The number of carboxylic acids is 1. The first kappa shape index (κ1) is 11.8. The van der Waals surface area contributed by atoms with E-state index in [1.54, 1.807) is 6.07 Å². The highest BCUT2D eigenvalue weighted by atomic mass is 35.5. The van der Waals surface area contributed by atoms with Gasteiger partial charge in [0.15, 0.2) is 0 Å². The molecule has 0 heterocycles. The predicted molar refractivity (Wildman–Crippen MR) is 57.3 cm³/mol. The molecule has 80 valence electrons. The van der Waals surface area contributed by atoms with Gasteiger partial charge in [-0.1, -0.05) is 23.2 Å². The Balaban J connectivity index is 2.72. The summed E-state index contributed by atoms with van der Waals surface area (Å²) in [7, 11) is 0. The van der Waals surface area contributed by atoms with E-state index in [4.69, 9.17) is 28.3 Å². The average molecular weight is 248 g/mol. The molecule has 1 rings (SSSR count). The summed E-state index contributed by atoms with van der Waals surface area (Å²) in [5.41, 5.74) is 0.340. The van der Waals surface area contributed by atoms with Crippen molar-refractivity contribution in [3.05, 3.63) is 28.2 Å². The molecular formula is C9H7Cl2NO3. The van der Waals surface area contributed by atoms with Gasteiger partial charge in [0, 0.05) is 5.02 Å². The minimum atomic E-state index is -1.20. The number of amides is 1. The Kier molecular flexibility index (Phi) is 3.94. The molecule has 0 atom stereocenters. The van der Waals surface area contributed by atoms with E-state index in [-0.39, 0.29) is 5.02 Å². The zero-order chi connectivity index (χ0) is 11.4. The summed E-state index contributed by atoms with van der Waals surface area (Å²) in [6.07, 6.45) is -0.598. The maximum atomic E-state index is 11.1. The van der Waals surface area contributed by atoms with Gasteiger partial charge in [-0.2, -0.15) is 0 Å². The number of carbonyl (C=O) groups is 2. The number of aliphatic carboxylic acids is 1. The van der Waals surface area contributed by atoms with Crippen LogP contribution in [0.3, 0.4) is 0 Å². The van der Waals surface area contributed by atoms with E-state index in [0.717, 1.165) is 0 Å². The lowest BCUT2D eigenvalue weighted by Gasteiger charge is -2.05. The smallest absolute Gasteiger partial charge is 0.312 e. The molecule has 1 aromatic rings. The van der Waals surface area contributed by atoms with Crippen molar-refractivity contribution in [1.82, 2.24) is 0 Å². The Morgan fingerprint density at radius 2 is 2.00 bits per heavy atom. The Labute approximate surface area is 95.8 Å². The summed E-state index contributed by atoms with van der Waals surface area (Å²) < 4.78 is 0. The first-order valence-corrected chi connectivity index (χ1v) is 4.71. The van der Waals surface area contributed by atoms with Crippen LogP contribution in [0.1, 0.15) is 6.42 Å². The van der Waals surface area contributed by atoms with Gasteiger partial charge in [0.2, 0.25) is 5.91 Å². The van der Waals surface area contributed by atoms with Gasteiger partial charge in [-0.15, -0.1) is 0 Å². The summed E-state index contributed by atoms with van der Waals surface area (Å²) in [5.74, 6) is -1.83. The van der Waals surface area contributed by atoms with Crippen LogP contribution in [0.25, 0.3) is 0 Å². The SMILES string of the molecule is O=C(O)CC(=O)Nc1ccc(Cl)cc1Cl. The summed E-state index contributed by atoms with van der Waals surface area (Å²) in [6, 6.07) is 4.51. The number of hydrogen-bond donors (Lipinski definition) is 2. The van der Waals surface area contributed by atoms with Crippen molar-refractivity contribution in [2.75, 3.05) is 5.32 Å². The van der Waals surface area contributed by atoms with Crippen LogP contribution < -0.4 is 5.32 Å². The third-order valence-electron chi connectivity index (χ3n) is 1.52. The van der Waals surface area contributed by atoms with Crippen LogP contribution in [0.5, 0.6) is 0 Å². The van der Waals surface area contributed by atoms with Crippen molar-refractivity contribution < 1.29 is 14.7 Å². The molecular weight excluding hydrogens is 241 g/mol. The van der Waals surface area contributed by atoms with E-state index in [2.05, 4.69) is 5.32 Å². The van der Waals surface area contributed by atoms with E-state index >= 15 is 0 Å². The fourth-order valence-electron chi connectivity index (χ4n) is 0.923. The van der Waals surface area contributed by atoms with Crippen LogP contribution in [-0.4, -0.2) is 17.0 Å². The van der Waals surface area contributed by atoms with Gasteiger partial charge in [0.1, 0.15) is 6.42 Å². The highest BCUT2D eigenvalue weighted by Crippen LogP contribution is 2.25. The third kappa shape index (κ3) is 3.77. The molecule has 0 saturated heterocycles. The van der Waals surface area contributed by atoms with E-state index in [9.17, 15) is 9.59 Å². The van der Waals surface area contributed by atoms with Crippen LogP contribution in [0.4, 0.5) is 5.69 Å². The molecule has 0 aromatic heterocycles. The summed E-state index contributed by atoms with van der Waals surface area (Å²) >= 11 is 11.4. The Bertz CT molecular complexity index is 406. The van der Waals surface area contributed by atoms with E-state index in [1.807, 2.05) is 0 Å². The first-order chi connectivity index (χ1) is 6.99. The van der Waals surface area contributed by atoms with Gasteiger partial charge < -0.3 is 10.4 Å². The predicted octanol–water partition coefficient (Wildman–Crippen LogP) is 2.41. The van der Waals surface area contributed by atoms with Crippen LogP contribution in [-0.2, 0) is 9.59 Å². The van der Waals surface area contributed by atoms with Gasteiger partial charge in [0.05, 0.1) is 10.7 Å². The standard InChI is InChI=1S/C9H7Cl2NO3/c10-5-1-2-7(6(11)3-5)12-8(13)4-9(14)15/h1-3H,4H2,(H,12,13)(H,14,15). The zero-order valence-corrected chi connectivity index (χ0v) is 8.97. The molecule has 1 aromatic carbocycles. The number of halogens is 2. The molecule has 0 radical (unpaired) electrons. The van der Waals surface area contributed by atoms with Crippen molar-refractivity contribution in [3.63, 3.8) is 0 Å². The van der Waals surface area contributed by atoms with Crippen molar-refractivity contribution in [2.24, 2.45) is 0 Å². The van der Waals surface area contributed by atoms with Crippen LogP contribution in [0.15, 0.2) is 18.2 Å². The maximum absolute atomic E-state index is 11.1. The molecule has 0 aliphatic carbocycles. The molecule has 0 aliphatic heterocycles. The monoisotopic (exact) mass is 247 g/mol. The van der Waals surface area contributed by atoms with Gasteiger partial charge in [-0.05, 0) is 18.2 Å². The number of hydrogen-bond acceptors (Lipinski definition) is 2. The third-order valence-corrected chi connectivity index (χ3v) is 2.06. The van der Waals surface area contributed by atoms with Crippen LogP contribution in [0, 0.1) is 0 Å². The fraction of sp³-hybridized carbons (Fsp3) is 0.111. The fourth-order valence-corrected chi connectivity index (χ4v) is 1.38. The summed E-state index contributed by atoms with van der Waals surface area (Å²) in [5, 5.41) is 11.4. The van der Waals surface area contributed by atoms with Crippen LogP contribution >= 0.6 is 23.2 Å². The molecule has 0 bridgehead atoms. The molecule has 15 heavy (non-hydrogen) atoms. The molecule has 6 heteroatoms. The van der Waals surface area contributed by atoms with Crippen LogP contribution in [0.2, 0.25) is 10.0 Å². The maximum Gasteiger partial charge on any atom is 0.312 e. The number of carbonyl (C=O) groups excluding carboxylic acids is 1. The van der Waals surface area contributed by atoms with E-state index in [1.165, 1.54) is 12.1 Å². The Morgan fingerprint density at radius 3 is 2.53 bits per heavy atom. The Morgan fingerprint density at radius 1 is 1.33 bits per heavy atom. The second-order valence-corrected chi connectivity index (χ2v) is 3.59. The van der Waals surface area contributed by atoms with Gasteiger partial charge in [-0.25, -0.2) is 0 Å². The number of anilines is 1. The molecule has 0 unspecified atom stereocenters. The van der Waals surface area contributed by atoms with Crippen molar-refractivity contribution >= 4 is 40.8 Å². The van der Waals surface area contributed by atoms with Crippen molar-refractivity contribution in [2.45, 2.75) is 6.42 Å². The minimum absolute atomic E-state index is 0.265. The lowest BCUT2D eigenvalue weighted by Crippen LogP contribution is -2.16. The Hall–Kier alpha value is -1.26. The highest BCUT2D eigenvalue weighted by molar-refractivity contribution is 6.36. The number of nitrogens with one attached hydrogen (secondary N) is 1. The van der Waals surface area contributed by atoms with Gasteiger partial charge in [-0.3, -0.25) is 9.59 Å². The number of rotatable bonds is 3. The van der Waals surface area contributed by atoms with E-state index < -0.39 is 18.3 Å². The van der Waals surface area contributed by atoms with Gasteiger partial charge in [0.25, 0.3) is 0 Å². The summed E-state index contributed by atoms with van der Waals surface area (Å²) in [4.78, 5) is 21.3. The molecule has 0 fully saturated rings. The molecule has 0 aliphatic rings. The number of carboxylic acid groups (broad SMARTS) is 1. The second-order valence-electron chi connectivity index (χ2n) is 2.74. The average Bonchev–Trinajstić information content (AvgIpc) is 2.08. The quantitative estimate of drug-likeness (QED) is 0.807. The second kappa shape index (κ2) is 5.00. The number of benzene rings is 1. The minimum Gasteiger partial charge on any atom is -0.481 e. The van der Waals surface area contributed by atoms with Gasteiger partial charge >= 0.3 is 5.97 Å². The highest BCUT2D eigenvalue weighted by Gasteiger charge is 2.09. The molecule has 1 amide bonds. The normalized spacial score (nSPS) is 9.73. The topological polar surface area (TPSA) is 66.4 Å². The lowest BCUT2D eigenvalue weighted by molar-refractivity contribution is -0.139. The zero-order valence-electron chi connectivity index (χ0n) is 7.46. The van der Waals surface area contributed by atoms with E-state index in [0.29, 0.717) is 10.7 Å². The molecule has 4 nitrogen and oxygen atoms in total. The van der Waals surface area contributed by atoms with Crippen molar-refractivity contribution in [3.8, 4) is 0 Å². The molecule has 0 saturated carbocycles. The molecule has 0 spiro atoms. The molecule has 2 N–H and O–H groups in total. The largest absolute Gasteiger partial charge is 0.481 e. The first-order valence-electron chi connectivity index (χ1n) is 3.95. The van der Waals surface area contributed by atoms with Crippen molar-refractivity contribution in [1.29, 1.82) is 0 Å². The summed E-state index contributed by atoms with van der Waals surface area (Å²) in [6.45, 7) is 0.